The second-order valence-electron chi connectivity index (χ2n) is 7.73. The van der Waals surface area contributed by atoms with Gasteiger partial charge in [-0.3, -0.25) is 29.4 Å². The number of carbonyl (C=O) groups is 4. The van der Waals surface area contributed by atoms with Crippen molar-refractivity contribution in [3.63, 3.8) is 0 Å². The molecule has 1 aromatic rings. The fourth-order valence-electron chi connectivity index (χ4n) is 3.82. The molecule has 28 heavy (non-hydrogen) atoms. The molecule has 3 rings (SSSR count). The van der Waals surface area contributed by atoms with Crippen molar-refractivity contribution in [2.24, 2.45) is 11.7 Å². The Hall–Kier alpha value is -2.58. The number of imide groups is 2. The number of rotatable bonds is 7. The van der Waals surface area contributed by atoms with Crippen molar-refractivity contribution < 1.29 is 19.2 Å². The molecule has 0 spiro atoms. The van der Waals surface area contributed by atoms with Gasteiger partial charge in [0, 0.05) is 25.6 Å². The van der Waals surface area contributed by atoms with Crippen molar-refractivity contribution in [3.05, 3.63) is 34.9 Å². The van der Waals surface area contributed by atoms with E-state index in [0.29, 0.717) is 35.7 Å². The Balaban J connectivity index is 1.82. The average molecular weight is 386 g/mol. The van der Waals surface area contributed by atoms with E-state index in [4.69, 9.17) is 5.73 Å². The van der Waals surface area contributed by atoms with Crippen molar-refractivity contribution in [3.8, 4) is 0 Å². The molecule has 4 N–H and O–H groups in total. The summed E-state index contributed by atoms with van der Waals surface area (Å²) in [6.07, 6.45) is 1.15. The zero-order valence-electron chi connectivity index (χ0n) is 16.2. The van der Waals surface area contributed by atoms with Gasteiger partial charge in [0.05, 0.1) is 11.1 Å². The molecule has 0 aliphatic carbocycles. The van der Waals surface area contributed by atoms with Gasteiger partial charge in [0.15, 0.2) is 0 Å². The summed E-state index contributed by atoms with van der Waals surface area (Å²) in [4.78, 5) is 50.4. The standard InChI is InChI=1S/C20H26N4O4/c1-11(2)8-13(9-21)22-10-12-4-3-5-14-17(12)20(28)24(19(14)27)15-6-7-16(25)23-18(15)26/h3-5,11,13,15,22H,6-10,21H2,1-2H3,(H,23,25,26). The van der Waals surface area contributed by atoms with Crippen LogP contribution in [0.1, 0.15) is 59.4 Å². The summed E-state index contributed by atoms with van der Waals surface area (Å²) in [6.45, 7) is 5.11. The number of carbonyl (C=O) groups excluding carboxylic acids is 4. The summed E-state index contributed by atoms with van der Waals surface area (Å²) in [5.41, 5.74) is 7.15. The quantitative estimate of drug-likeness (QED) is 0.589. The Morgan fingerprint density at radius 2 is 1.96 bits per heavy atom. The van der Waals surface area contributed by atoms with Crippen molar-refractivity contribution in [2.75, 3.05) is 6.54 Å². The van der Waals surface area contributed by atoms with Crippen LogP contribution in [0, 0.1) is 5.92 Å². The number of hydrogen-bond acceptors (Lipinski definition) is 6. The van der Waals surface area contributed by atoms with E-state index in [1.165, 1.54) is 0 Å². The number of piperidine rings is 1. The number of nitrogens with two attached hydrogens (primary N) is 1. The molecule has 1 fully saturated rings. The van der Waals surface area contributed by atoms with Crippen molar-refractivity contribution in [1.29, 1.82) is 0 Å². The molecule has 2 aliphatic heterocycles. The molecule has 1 aromatic carbocycles. The number of nitrogens with one attached hydrogen (secondary N) is 2. The van der Waals surface area contributed by atoms with E-state index >= 15 is 0 Å². The molecule has 2 aliphatic rings. The van der Waals surface area contributed by atoms with Gasteiger partial charge in [-0.1, -0.05) is 26.0 Å². The van der Waals surface area contributed by atoms with Gasteiger partial charge in [0.1, 0.15) is 6.04 Å². The molecule has 8 nitrogen and oxygen atoms in total. The normalized spacial score (nSPS) is 20.6. The van der Waals surface area contributed by atoms with Crippen molar-refractivity contribution in [1.82, 2.24) is 15.5 Å². The SMILES string of the molecule is CC(C)CC(CN)NCc1cccc2c1C(=O)N(C1CCC(=O)NC1=O)C2=O. The van der Waals surface area contributed by atoms with E-state index in [-0.39, 0.29) is 24.8 Å². The molecule has 8 heteroatoms. The second-order valence-corrected chi connectivity index (χ2v) is 7.73. The summed E-state index contributed by atoms with van der Waals surface area (Å²) in [6, 6.07) is 4.28. The Morgan fingerprint density at radius 3 is 2.61 bits per heavy atom. The monoisotopic (exact) mass is 386 g/mol. The minimum atomic E-state index is -0.955. The average Bonchev–Trinajstić information content (AvgIpc) is 2.90. The lowest BCUT2D eigenvalue weighted by Crippen LogP contribution is -2.54. The first-order valence-corrected chi connectivity index (χ1v) is 9.60. The summed E-state index contributed by atoms with van der Waals surface area (Å²) < 4.78 is 0. The number of hydrogen-bond donors (Lipinski definition) is 3. The van der Waals surface area contributed by atoms with Gasteiger partial charge in [0.25, 0.3) is 11.8 Å². The van der Waals surface area contributed by atoms with E-state index in [9.17, 15) is 19.2 Å². The molecule has 2 atom stereocenters. The zero-order valence-corrected chi connectivity index (χ0v) is 16.2. The molecule has 0 saturated carbocycles. The highest BCUT2D eigenvalue weighted by atomic mass is 16.2. The van der Waals surface area contributed by atoms with Gasteiger partial charge in [-0.15, -0.1) is 0 Å². The first-order valence-electron chi connectivity index (χ1n) is 9.60. The summed E-state index contributed by atoms with van der Waals surface area (Å²) in [7, 11) is 0. The molecule has 4 amide bonds. The van der Waals surface area contributed by atoms with Crippen LogP contribution in [-0.4, -0.2) is 47.2 Å². The molecular formula is C20H26N4O4. The topological polar surface area (TPSA) is 122 Å². The minimum absolute atomic E-state index is 0.103. The zero-order chi connectivity index (χ0) is 20.4. The minimum Gasteiger partial charge on any atom is -0.329 e. The maximum absolute atomic E-state index is 13.0. The van der Waals surface area contributed by atoms with Crippen LogP contribution in [0.3, 0.4) is 0 Å². The Bertz CT molecular complexity index is 820. The van der Waals surface area contributed by atoms with Crippen LogP contribution in [0.5, 0.6) is 0 Å². The third kappa shape index (κ3) is 3.83. The first-order chi connectivity index (χ1) is 13.3. The van der Waals surface area contributed by atoms with Gasteiger partial charge in [-0.2, -0.15) is 0 Å². The number of nitrogens with zero attached hydrogens (tertiary/aromatic N) is 1. The first kappa shape index (κ1) is 20.2. The van der Waals surface area contributed by atoms with Crippen molar-refractivity contribution in [2.45, 2.75) is 51.7 Å². The van der Waals surface area contributed by atoms with E-state index in [2.05, 4.69) is 24.5 Å². The van der Waals surface area contributed by atoms with Gasteiger partial charge in [0.2, 0.25) is 11.8 Å². The molecule has 0 radical (unpaired) electrons. The van der Waals surface area contributed by atoms with Gasteiger partial charge >= 0.3 is 0 Å². The van der Waals surface area contributed by atoms with Crippen LogP contribution in [0.15, 0.2) is 18.2 Å². The van der Waals surface area contributed by atoms with Crippen LogP contribution in [-0.2, 0) is 16.1 Å². The van der Waals surface area contributed by atoms with Gasteiger partial charge in [-0.05, 0) is 30.4 Å². The highest BCUT2D eigenvalue weighted by Gasteiger charge is 2.45. The predicted octanol–water partition coefficient (Wildman–Crippen LogP) is 0.551. The lowest BCUT2D eigenvalue weighted by molar-refractivity contribution is -0.136. The summed E-state index contributed by atoms with van der Waals surface area (Å²) in [5.74, 6) is -1.49. The van der Waals surface area contributed by atoms with E-state index in [1.807, 2.05) is 0 Å². The molecule has 150 valence electrons. The third-order valence-corrected chi connectivity index (χ3v) is 5.18. The van der Waals surface area contributed by atoms with E-state index < -0.39 is 23.8 Å². The second kappa shape index (κ2) is 8.20. The van der Waals surface area contributed by atoms with Gasteiger partial charge < -0.3 is 11.1 Å². The smallest absolute Gasteiger partial charge is 0.262 e. The summed E-state index contributed by atoms with van der Waals surface area (Å²) >= 11 is 0. The van der Waals surface area contributed by atoms with Crippen LogP contribution >= 0.6 is 0 Å². The van der Waals surface area contributed by atoms with E-state index in [0.717, 1.165) is 11.3 Å². The van der Waals surface area contributed by atoms with E-state index in [1.54, 1.807) is 18.2 Å². The lowest BCUT2D eigenvalue weighted by atomic mass is 10.0. The van der Waals surface area contributed by atoms with Crippen LogP contribution in [0.2, 0.25) is 0 Å². The predicted molar refractivity (Wildman–Crippen MR) is 102 cm³/mol. The lowest BCUT2D eigenvalue weighted by Gasteiger charge is -2.27. The van der Waals surface area contributed by atoms with Crippen LogP contribution in [0.25, 0.3) is 0 Å². The molecule has 2 unspecified atom stereocenters. The maximum Gasteiger partial charge on any atom is 0.262 e. The highest BCUT2D eigenvalue weighted by molar-refractivity contribution is 6.24. The molecule has 0 bridgehead atoms. The Morgan fingerprint density at radius 1 is 1.21 bits per heavy atom. The maximum atomic E-state index is 13.0. The van der Waals surface area contributed by atoms with Crippen LogP contribution in [0.4, 0.5) is 0 Å². The fourth-order valence-corrected chi connectivity index (χ4v) is 3.82. The highest BCUT2D eigenvalue weighted by Crippen LogP contribution is 2.30. The fraction of sp³-hybridized carbons (Fsp3) is 0.500. The Labute approximate surface area is 163 Å². The number of benzene rings is 1. The molecular weight excluding hydrogens is 360 g/mol. The largest absolute Gasteiger partial charge is 0.329 e. The number of fused-ring (bicyclic) bond motifs is 1. The molecule has 2 heterocycles. The Kier molecular flexibility index (Phi) is 5.90. The third-order valence-electron chi connectivity index (χ3n) is 5.18. The van der Waals surface area contributed by atoms with Crippen molar-refractivity contribution >= 4 is 23.6 Å². The molecule has 0 aromatic heterocycles. The molecule has 1 saturated heterocycles. The van der Waals surface area contributed by atoms with Crippen LogP contribution < -0.4 is 16.4 Å². The van der Waals surface area contributed by atoms with Gasteiger partial charge in [-0.25, -0.2) is 0 Å². The number of amides is 4. The summed E-state index contributed by atoms with van der Waals surface area (Å²) in [5, 5.41) is 5.56.